The molecule has 1 aliphatic heterocycles. The van der Waals surface area contributed by atoms with E-state index < -0.39 is 11.5 Å². The zero-order valence-electron chi connectivity index (χ0n) is 13.1. The molecule has 2 fully saturated rings. The van der Waals surface area contributed by atoms with Gasteiger partial charge in [-0.05, 0) is 49.6 Å². The quantitative estimate of drug-likeness (QED) is 0.798. The second-order valence-electron chi connectivity index (χ2n) is 6.18. The van der Waals surface area contributed by atoms with Crippen LogP contribution in [-0.2, 0) is 0 Å². The summed E-state index contributed by atoms with van der Waals surface area (Å²) in [7, 11) is 0. The Labute approximate surface area is 143 Å². The Balaban J connectivity index is 1.51. The Morgan fingerprint density at radius 1 is 1.12 bits per heavy atom. The molecule has 24 heavy (non-hydrogen) atoms. The number of rotatable bonds is 4. The molecule has 2 amide bonds. The summed E-state index contributed by atoms with van der Waals surface area (Å²) in [5.74, 6) is 0. The van der Waals surface area contributed by atoms with Gasteiger partial charge >= 0.3 is 11.5 Å². The number of amides is 2. The van der Waals surface area contributed by atoms with Crippen molar-refractivity contribution in [3.05, 3.63) is 24.3 Å². The highest BCUT2D eigenvalue weighted by atomic mass is 32.2. The summed E-state index contributed by atoms with van der Waals surface area (Å²) in [6.45, 7) is 1.94. The molecule has 0 aromatic heterocycles. The number of anilines is 1. The lowest BCUT2D eigenvalue weighted by Crippen LogP contribution is -2.46. The van der Waals surface area contributed by atoms with Gasteiger partial charge in [0.2, 0.25) is 0 Å². The van der Waals surface area contributed by atoms with Gasteiger partial charge in [0.1, 0.15) is 0 Å². The fourth-order valence-electron chi connectivity index (χ4n) is 2.98. The molecule has 3 rings (SSSR count). The van der Waals surface area contributed by atoms with Gasteiger partial charge in [0.15, 0.2) is 0 Å². The topological polar surface area (TPSA) is 44.4 Å². The van der Waals surface area contributed by atoms with Crippen molar-refractivity contribution in [2.45, 2.75) is 48.2 Å². The number of hydrogen-bond acceptors (Lipinski definition) is 3. The van der Waals surface area contributed by atoms with Crippen LogP contribution in [0.15, 0.2) is 29.2 Å². The second-order valence-corrected chi connectivity index (χ2v) is 7.29. The van der Waals surface area contributed by atoms with Crippen LogP contribution in [0.4, 0.5) is 23.7 Å². The molecule has 4 nitrogen and oxygen atoms in total. The van der Waals surface area contributed by atoms with Gasteiger partial charge in [-0.25, -0.2) is 4.79 Å². The van der Waals surface area contributed by atoms with Crippen LogP contribution in [0.2, 0.25) is 0 Å². The van der Waals surface area contributed by atoms with Gasteiger partial charge < -0.3 is 15.5 Å². The molecule has 8 heteroatoms. The smallest absolute Gasteiger partial charge is 0.335 e. The lowest BCUT2D eigenvalue weighted by atomic mass is 10.1. The number of hydrogen-bond donors (Lipinski definition) is 2. The minimum atomic E-state index is -4.39. The van der Waals surface area contributed by atoms with E-state index in [2.05, 4.69) is 15.5 Å². The minimum Gasteiger partial charge on any atom is -0.335 e. The Kier molecular flexibility index (Phi) is 5.24. The maximum Gasteiger partial charge on any atom is 0.446 e. The highest BCUT2D eigenvalue weighted by Gasteiger charge is 2.32. The molecule has 1 aliphatic carbocycles. The first kappa shape index (κ1) is 17.4. The average molecular weight is 359 g/mol. The molecule has 132 valence electrons. The van der Waals surface area contributed by atoms with Crippen molar-refractivity contribution in [3.63, 3.8) is 0 Å². The van der Waals surface area contributed by atoms with E-state index in [4.69, 9.17) is 0 Å². The molecule has 0 bridgehead atoms. The number of para-hydroxylation sites is 1. The molecule has 0 spiro atoms. The van der Waals surface area contributed by atoms with Gasteiger partial charge in [-0.3, -0.25) is 0 Å². The number of nitrogens with one attached hydrogen (secondary N) is 2. The SMILES string of the molecule is O=C(Nc1ccccc1SC(F)(F)F)NC1CCN(C2CC2)CC1. The number of carbonyl (C=O) groups excluding carboxylic acids is 1. The van der Waals surface area contributed by atoms with Crippen LogP contribution in [0, 0.1) is 0 Å². The Hall–Kier alpha value is -1.41. The fourth-order valence-corrected chi connectivity index (χ4v) is 3.60. The molecule has 0 atom stereocenters. The van der Waals surface area contributed by atoms with Gasteiger partial charge in [-0.15, -0.1) is 0 Å². The lowest BCUT2D eigenvalue weighted by molar-refractivity contribution is -0.0328. The maximum absolute atomic E-state index is 12.6. The number of likely N-dealkylation sites (tertiary alicyclic amines) is 1. The molecule has 1 aromatic rings. The predicted octanol–water partition coefficient (Wildman–Crippen LogP) is 4.05. The van der Waals surface area contributed by atoms with Crippen LogP contribution in [0.1, 0.15) is 25.7 Å². The van der Waals surface area contributed by atoms with Gasteiger partial charge in [0, 0.05) is 30.1 Å². The Morgan fingerprint density at radius 3 is 2.42 bits per heavy atom. The predicted molar refractivity (Wildman–Crippen MR) is 88.1 cm³/mol. The van der Waals surface area contributed by atoms with Crippen molar-refractivity contribution in [2.24, 2.45) is 0 Å². The molecule has 1 saturated heterocycles. The summed E-state index contributed by atoms with van der Waals surface area (Å²) < 4.78 is 37.7. The third kappa shape index (κ3) is 5.04. The molecule has 1 aromatic carbocycles. The van der Waals surface area contributed by atoms with E-state index in [0.717, 1.165) is 32.0 Å². The maximum atomic E-state index is 12.6. The number of carbonyl (C=O) groups is 1. The first-order valence-electron chi connectivity index (χ1n) is 8.07. The van der Waals surface area contributed by atoms with E-state index >= 15 is 0 Å². The highest BCUT2D eigenvalue weighted by Crippen LogP contribution is 2.40. The van der Waals surface area contributed by atoms with Gasteiger partial charge in [-0.1, -0.05) is 12.1 Å². The van der Waals surface area contributed by atoms with Gasteiger partial charge in [0.05, 0.1) is 5.69 Å². The number of urea groups is 1. The Morgan fingerprint density at radius 2 is 1.79 bits per heavy atom. The highest BCUT2D eigenvalue weighted by molar-refractivity contribution is 8.00. The van der Waals surface area contributed by atoms with Crippen molar-refractivity contribution in [1.82, 2.24) is 10.2 Å². The minimum absolute atomic E-state index is 0.0105. The molecular weight excluding hydrogens is 339 g/mol. The first-order chi connectivity index (χ1) is 11.4. The number of alkyl halides is 3. The third-order valence-corrected chi connectivity index (χ3v) is 5.10. The standard InChI is InChI=1S/C16H20F3N3OS/c17-16(18,19)24-14-4-2-1-3-13(14)21-15(23)20-11-7-9-22(10-8-11)12-5-6-12/h1-4,11-12H,5-10H2,(H2,20,21,23). The van der Waals surface area contributed by atoms with Crippen LogP contribution in [0.3, 0.4) is 0 Å². The van der Waals surface area contributed by atoms with Crippen molar-refractivity contribution >= 4 is 23.5 Å². The summed E-state index contributed by atoms with van der Waals surface area (Å²) in [5.41, 5.74) is -4.21. The average Bonchev–Trinajstić information content (AvgIpc) is 3.33. The van der Waals surface area contributed by atoms with Crippen LogP contribution in [0.25, 0.3) is 0 Å². The normalized spacial score (nSPS) is 20.0. The summed E-state index contributed by atoms with van der Waals surface area (Å²) in [6.07, 6.45) is 4.30. The zero-order valence-corrected chi connectivity index (χ0v) is 13.9. The van der Waals surface area contributed by atoms with Crippen LogP contribution in [-0.4, -0.2) is 41.6 Å². The summed E-state index contributed by atoms with van der Waals surface area (Å²) in [4.78, 5) is 14.5. The van der Waals surface area contributed by atoms with Crippen molar-refractivity contribution < 1.29 is 18.0 Å². The monoisotopic (exact) mass is 359 g/mol. The molecule has 0 radical (unpaired) electrons. The zero-order chi connectivity index (χ0) is 17.2. The number of thioether (sulfide) groups is 1. The van der Waals surface area contributed by atoms with E-state index in [9.17, 15) is 18.0 Å². The molecular formula is C16H20F3N3OS. The summed E-state index contributed by atoms with van der Waals surface area (Å²) in [6, 6.07) is 6.30. The number of halogens is 3. The molecule has 1 heterocycles. The third-order valence-electron chi connectivity index (χ3n) is 4.29. The van der Waals surface area contributed by atoms with Crippen LogP contribution < -0.4 is 10.6 Å². The van der Waals surface area contributed by atoms with Crippen molar-refractivity contribution in [3.8, 4) is 0 Å². The largest absolute Gasteiger partial charge is 0.446 e. The number of nitrogens with zero attached hydrogens (tertiary/aromatic N) is 1. The van der Waals surface area contributed by atoms with E-state index in [0.29, 0.717) is 0 Å². The number of benzene rings is 1. The molecule has 2 N–H and O–H groups in total. The second kappa shape index (κ2) is 7.23. The van der Waals surface area contributed by atoms with E-state index in [1.54, 1.807) is 6.07 Å². The van der Waals surface area contributed by atoms with Crippen molar-refractivity contribution in [2.75, 3.05) is 18.4 Å². The molecule has 1 saturated carbocycles. The van der Waals surface area contributed by atoms with E-state index in [1.807, 2.05) is 0 Å². The summed E-state index contributed by atoms with van der Waals surface area (Å²) in [5, 5.41) is 5.41. The van der Waals surface area contributed by atoms with Gasteiger partial charge in [0.25, 0.3) is 0 Å². The Bertz CT molecular complexity index is 584. The first-order valence-corrected chi connectivity index (χ1v) is 8.89. The van der Waals surface area contributed by atoms with Crippen LogP contribution >= 0.6 is 11.8 Å². The molecule has 0 unspecified atom stereocenters. The van der Waals surface area contributed by atoms with E-state index in [-0.39, 0.29) is 28.4 Å². The van der Waals surface area contributed by atoms with Gasteiger partial charge in [-0.2, -0.15) is 13.2 Å². The number of piperidine rings is 1. The van der Waals surface area contributed by atoms with Crippen molar-refractivity contribution in [1.29, 1.82) is 0 Å². The van der Waals surface area contributed by atoms with Crippen LogP contribution in [0.5, 0.6) is 0 Å². The van der Waals surface area contributed by atoms with E-state index in [1.165, 1.54) is 31.0 Å². The lowest BCUT2D eigenvalue weighted by Gasteiger charge is -2.32. The summed E-state index contributed by atoms with van der Waals surface area (Å²) >= 11 is -0.223. The molecule has 2 aliphatic rings. The fraction of sp³-hybridized carbons (Fsp3) is 0.562.